The monoisotopic (exact) mass is 385 g/mol. The largest absolute Gasteiger partial charge is 0.484 e. The third kappa shape index (κ3) is 3.83. The van der Waals surface area contributed by atoms with Gasteiger partial charge in [0, 0.05) is 18.7 Å². The number of carbonyl (C=O) groups is 1. The van der Waals surface area contributed by atoms with Crippen LogP contribution in [0.2, 0.25) is 0 Å². The molecule has 0 saturated carbocycles. The van der Waals surface area contributed by atoms with Gasteiger partial charge >= 0.3 is 0 Å². The van der Waals surface area contributed by atoms with Crippen molar-refractivity contribution >= 4 is 27.5 Å². The number of thiazole rings is 1. The number of aryl methyl sites for hydroxylation is 1. The summed E-state index contributed by atoms with van der Waals surface area (Å²) in [6.45, 7) is 5.09. The molecule has 142 valence electrons. The van der Waals surface area contributed by atoms with Crippen molar-refractivity contribution < 1.29 is 13.9 Å². The van der Waals surface area contributed by atoms with Crippen molar-refractivity contribution in [3.8, 4) is 5.75 Å². The number of nitrogens with zero attached hydrogens (tertiary/aromatic N) is 3. The summed E-state index contributed by atoms with van der Waals surface area (Å²) in [6.07, 6.45) is 5.71. The molecule has 2 aromatic heterocycles. The molecule has 0 bridgehead atoms. The fourth-order valence-electron chi connectivity index (χ4n) is 3.57. The molecule has 0 radical (unpaired) electrons. The summed E-state index contributed by atoms with van der Waals surface area (Å²) in [5.74, 6) is 1.06. The normalized spacial score (nSPS) is 17.4. The van der Waals surface area contributed by atoms with E-state index in [1.165, 1.54) is 12.7 Å². The zero-order chi connectivity index (χ0) is 18.8. The van der Waals surface area contributed by atoms with E-state index in [1.54, 1.807) is 11.3 Å². The molecule has 1 saturated heterocycles. The van der Waals surface area contributed by atoms with Crippen LogP contribution in [0, 0.1) is 6.92 Å². The minimum absolute atomic E-state index is 0.0454. The molecule has 27 heavy (non-hydrogen) atoms. The van der Waals surface area contributed by atoms with Gasteiger partial charge in [0.2, 0.25) is 5.89 Å². The number of carbonyl (C=O) groups excluding carboxylic acids is 1. The summed E-state index contributed by atoms with van der Waals surface area (Å²) in [5.41, 5.74) is 1.29. The Labute approximate surface area is 162 Å². The zero-order valence-corrected chi connectivity index (χ0v) is 16.4. The van der Waals surface area contributed by atoms with Gasteiger partial charge in [-0.25, -0.2) is 9.97 Å². The lowest BCUT2D eigenvalue weighted by atomic mass is 10.00. The van der Waals surface area contributed by atoms with Gasteiger partial charge in [-0.1, -0.05) is 6.92 Å². The van der Waals surface area contributed by atoms with Gasteiger partial charge in [-0.05, 0) is 44.7 Å². The average molecular weight is 385 g/mol. The maximum atomic E-state index is 12.8. The van der Waals surface area contributed by atoms with Crippen LogP contribution in [-0.2, 0) is 6.61 Å². The van der Waals surface area contributed by atoms with Gasteiger partial charge in [0.15, 0.2) is 12.3 Å². The van der Waals surface area contributed by atoms with Gasteiger partial charge < -0.3 is 14.1 Å². The molecule has 6 nitrogen and oxygen atoms in total. The van der Waals surface area contributed by atoms with Crippen LogP contribution in [0.1, 0.15) is 54.0 Å². The first kappa shape index (κ1) is 18.0. The van der Waals surface area contributed by atoms with Gasteiger partial charge in [-0.3, -0.25) is 4.79 Å². The number of ether oxygens (including phenoxy) is 1. The van der Waals surface area contributed by atoms with Crippen LogP contribution >= 0.6 is 11.3 Å². The third-order valence-corrected chi connectivity index (χ3v) is 5.91. The number of hydrogen-bond acceptors (Lipinski definition) is 6. The van der Waals surface area contributed by atoms with Crippen molar-refractivity contribution in [1.29, 1.82) is 0 Å². The van der Waals surface area contributed by atoms with Crippen molar-refractivity contribution in [3.05, 3.63) is 41.1 Å². The van der Waals surface area contributed by atoms with E-state index in [9.17, 15) is 4.79 Å². The van der Waals surface area contributed by atoms with E-state index in [1.807, 2.05) is 30.0 Å². The first-order chi connectivity index (χ1) is 13.1. The summed E-state index contributed by atoms with van der Waals surface area (Å²) in [4.78, 5) is 23.5. The standard InChI is InChI=1S/C20H23N3O3S/c1-3-14-6-4-5-9-23(14)20(24)17-11-26-19(22-17)12-25-15-7-8-18-16(10-15)21-13(2)27-18/h7-8,10-11,14H,3-6,9,12H2,1-2H3. The van der Waals surface area contributed by atoms with E-state index in [2.05, 4.69) is 16.9 Å². The van der Waals surface area contributed by atoms with Crippen molar-refractivity contribution in [3.63, 3.8) is 0 Å². The number of likely N-dealkylation sites (tertiary alicyclic amines) is 1. The highest BCUT2D eigenvalue weighted by atomic mass is 32.1. The van der Waals surface area contributed by atoms with Gasteiger partial charge in [0.25, 0.3) is 5.91 Å². The Morgan fingerprint density at radius 1 is 1.37 bits per heavy atom. The lowest BCUT2D eigenvalue weighted by molar-refractivity contribution is 0.0602. The highest BCUT2D eigenvalue weighted by Gasteiger charge is 2.28. The molecule has 1 atom stereocenters. The molecule has 1 amide bonds. The van der Waals surface area contributed by atoms with E-state index in [-0.39, 0.29) is 12.5 Å². The Morgan fingerprint density at radius 3 is 3.11 bits per heavy atom. The molecular weight excluding hydrogens is 362 g/mol. The van der Waals surface area contributed by atoms with Crippen molar-refractivity contribution in [2.45, 2.75) is 52.2 Å². The quantitative estimate of drug-likeness (QED) is 0.643. The molecule has 1 aromatic carbocycles. The third-order valence-electron chi connectivity index (χ3n) is 4.96. The van der Waals surface area contributed by atoms with Crippen molar-refractivity contribution in [2.24, 2.45) is 0 Å². The smallest absolute Gasteiger partial charge is 0.276 e. The molecule has 0 aliphatic carbocycles. The number of rotatable bonds is 5. The predicted molar refractivity (Wildman–Crippen MR) is 104 cm³/mol. The van der Waals surface area contributed by atoms with Gasteiger partial charge in [-0.2, -0.15) is 0 Å². The van der Waals surface area contributed by atoms with Gasteiger partial charge in [0.1, 0.15) is 12.0 Å². The topological polar surface area (TPSA) is 68.5 Å². The Kier molecular flexibility index (Phi) is 5.11. The van der Waals surface area contributed by atoms with E-state index >= 15 is 0 Å². The fraction of sp³-hybridized carbons (Fsp3) is 0.450. The highest BCUT2D eigenvalue weighted by Crippen LogP contribution is 2.26. The second-order valence-electron chi connectivity index (χ2n) is 6.83. The van der Waals surface area contributed by atoms with Gasteiger partial charge in [-0.15, -0.1) is 11.3 Å². The Hall–Kier alpha value is -2.41. The maximum Gasteiger partial charge on any atom is 0.276 e. The Bertz CT molecular complexity index is 949. The fourth-order valence-corrected chi connectivity index (χ4v) is 4.38. The second-order valence-corrected chi connectivity index (χ2v) is 8.07. The lowest BCUT2D eigenvalue weighted by Crippen LogP contribution is -2.43. The molecule has 4 rings (SSSR count). The first-order valence-corrected chi connectivity index (χ1v) is 10.2. The van der Waals surface area contributed by atoms with Crippen molar-refractivity contribution in [1.82, 2.24) is 14.9 Å². The summed E-state index contributed by atoms with van der Waals surface area (Å²) in [7, 11) is 0. The SMILES string of the molecule is CCC1CCCCN1C(=O)c1coc(COc2ccc3sc(C)nc3c2)n1. The number of benzene rings is 1. The van der Waals surface area contributed by atoms with Crippen LogP contribution in [0.3, 0.4) is 0 Å². The summed E-state index contributed by atoms with van der Waals surface area (Å²) < 4.78 is 12.4. The predicted octanol–water partition coefficient (Wildman–Crippen LogP) is 4.58. The molecule has 3 heterocycles. The summed E-state index contributed by atoms with van der Waals surface area (Å²) in [6, 6.07) is 6.12. The minimum Gasteiger partial charge on any atom is -0.484 e. The molecule has 1 fully saturated rings. The number of amides is 1. The first-order valence-electron chi connectivity index (χ1n) is 9.39. The number of fused-ring (bicyclic) bond motifs is 1. The Balaban J connectivity index is 1.41. The van der Waals surface area contributed by atoms with Crippen LogP contribution in [-0.4, -0.2) is 33.4 Å². The zero-order valence-electron chi connectivity index (χ0n) is 15.6. The molecule has 7 heteroatoms. The van der Waals surface area contributed by atoms with Crippen LogP contribution in [0.4, 0.5) is 0 Å². The second kappa shape index (κ2) is 7.68. The summed E-state index contributed by atoms with van der Waals surface area (Å²) >= 11 is 1.66. The molecule has 0 N–H and O–H groups in total. The summed E-state index contributed by atoms with van der Waals surface area (Å²) in [5, 5.41) is 1.03. The van der Waals surface area contributed by atoms with E-state index in [4.69, 9.17) is 9.15 Å². The van der Waals surface area contributed by atoms with E-state index in [0.29, 0.717) is 23.4 Å². The number of oxazole rings is 1. The maximum absolute atomic E-state index is 12.8. The van der Waals surface area contributed by atoms with E-state index in [0.717, 1.165) is 41.0 Å². The number of aromatic nitrogens is 2. The molecular formula is C20H23N3O3S. The molecule has 0 spiro atoms. The van der Waals surface area contributed by atoms with Crippen LogP contribution in [0.5, 0.6) is 5.75 Å². The van der Waals surface area contributed by atoms with Crippen molar-refractivity contribution in [2.75, 3.05) is 6.54 Å². The highest BCUT2D eigenvalue weighted by molar-refractivity contribution is 7.18. The molecule has 1 aliphatic heterocycles. The number of hydrogen-bond donors (Lipinski definition) is 0. The number of piperidine rings is 1. The van der Waals surface area contributed by atoms with E-state index < -0.39 is 0 Å². The molecule has 3 aromatic rings. The molecule has 1 unspecified atom stereocenters. The van der Waals surface area contributed by atoms with Crippen LogP contribution in [0.25, 0.3) is 10.2 Å². The van der Waals surface area contributed by atoms with Gasteiger partial charge in [0.05, 0.1) is 15.2 Å². The minimum atomic E-state index is -0.0454. The Morgan fingerprint density at radius 2 is 2.26 bits per heavy atom. The molecule has 1 aliphatic rings. The van der Waals surface area contributed by atoms with Crippen LogP contribution < -0.4 is 4.74 Å². The lowest BCUT2D eigenvalue weighted by Gasteiger charge is -2.34. The van der Waals surface area contributed by atoms with Crippen LogP contribution in [0.15, 0.2) is 28.9 Å². The average Bonchev–Trinajstić information content (AvgIpc) is 3.31.